The van der Waals surface area contributed by atoms with E-state index in [0.717, 1.165) is 11.1 Å². The number of thiophene rings is 1. The highest BCUT2D eigenvalue weighted by atomic mass is 32.2. The van der Waals surface area contributed by atoms with Crippen molar-refractivity contribution in [1.29, 1.82) is 0 Å². The van der Waals surface area contributed by atoms with Crippen molar-refractivity contribution >= 4 is 32.0 Å². The Morgan fingerprint density at radius 2 is 1.90 bits per heavy atom. The van der Waals surface area contributed by atoms with Crippen LogP contribution < -0.4 is 5.73 Å². The molecule has 2 aromatic rings. The molecule has 1 aromatic heterocycles. The van der Waals surface area contributed by atoms with E-state index < -0.39 is 9.84 Å². The first kappa shape index (κ1) is 14.3. The molecule has 0 atom stereocenters. The van der Waals surface area contributed by atoms with Gasteiger partial charge in [0.2, 0.25) is 0 Å². The topological polar surface area (TPSA) is 77.2 Å². The Labute approximate surface area is 127 Å². The molecule has 1 aliphatic rings. The van der Waals surface area contributed by atoms with Crippen molar-refractivity contribution in [3.8, 4) is 0 Å². The lowest BCUT2D eigenvalue weighted by Gasteiger charge is -2.13. The van der Waals surface area contributed by atoms with Gasteiger partial charge in [-0.25, -0.2) is 8.42 Å². The van der Waals surface area contributed by atoms with Gasteiger partial charge in [0.25, 0.3) is 0 Å². The lowest BCUT2D eigenvalue weighted by atomic mass is 9.98. The number of hydrogen-bond donors (Lipinski definition) is 1. The van der Waals surface area contributed by atoms with Gasteiger partial charge < -0.3 is 5.73 Å². The summed E-state index contributed by atoms with van der Waals surface area (Å²) in [7, 11) is -3.05. The maximum absolute atomic E-state index is 12.7. The monoisotopic (exact) mass is 321 g/mol. The van der Waals surface area contributed by atoms with Crippen LogP contribution in [-0.2, 0) is 22.0 Å². The highest BCUT2D eigenvalue weighted by molar-refractivity contribution is 7.90. The lowest BCUT2D eigenvalue weighted by molar-refractivity contribution is 0.103. The lowest BCUT2D eigenvalue weighted by Crippen LogP contribution is -2.19. The number of fused-ring (bicyclic) bond motifs is 1. The second kappa shape index (κ2) is 4.96. The van der Waals surface area contributed by atoms with Crippen LogP contribution >= 0.6 is 11.3 Å². The molecule has 0 saturated heterocycles. The zero-order chi connectivity index (χ0) is 15.2. The molecule has 6 heteroatoms. The second-order valence-corrected chi connectivity index (χ2v) is 8.60. The first-order chi connectivity index (χ1) is 9.87. The number of aryl methyl sites for hydroxylation is 1. The maximum atomic E-state index is 12.7. The summed E-state index contributed by atoms with van der Waals surface area (Å²) in [4.78, 5) is 13.4. The molecule has 0 unspecified atom stereocenters. The van der Waals surface area contributed by atoms with Crippen LogP contribution in [0.25, 0.3) is 0 Å². The molecule has 0 amide bonds. The summed E-state index contributed by atoms with van der Waals surface area (Å²) in [5.74, 6) is -0.0350. The average molecular weight is 321 g/mol. The molecule has 2 heterocycles. The summed E-state index contributed by atoms with van der Waals surface area (Å²) in [5, 5.41) is 0.419. The van der Waals surface area contributed by atoms with Crippen LogP contribution in [0.5, 0.6) is 0 Å². The number of rotatable bonds is 2. The first-order valence-corrected chi connectivity index (χ1v) is 9.23. The van der Waals surface area contributed by atoms with E-state index in [9.17, 15) is 13.2 Å². The predicted octanol–water partition coefficient (Wildman–Crippen LogP) is 2.34. The van der Waals surface area contributed by atoms with E-state index in [-0.39, 0.29) is 17.3 Å². The summed E-state index contributed by atoms with van der Waals surface area (Å²) in [6.45, 7) is 1.96. The normalized spacial score (nSPS) is 16.4. The number of anilines is 1. The quantitative estimate of drug-likeness (QED) is 0.861. The van der Waals surface area contributed by atoms with Crippen LogP contribution in [0, 0.1) is 6.92 Å². The standard InChI is InChI=1S/C15H15NO3S2/c1-9-2-4-10(5-3-9)14(17)13-11-6-7-21(18,19)8-12(11)20-15(13)16/h2-5H,6-8,16H2,1H3. The van der Waals surface area contributed by atoms with Gasteiger partial charge in [-0.2, -0.15) is 0 Å². The molecule has 0 saturated carbocycles. The van der Waals surface area contributed by atoms with Crippen molar-refractivity contribution < 1.29 is 13.2 Å². The maximum Gasteiger partial charge on any atom is 0.196 e. The number of benzene rings is 1. The van der Waals surface area contributed by atoms with Crippen LogP contribution in [0.15, 0.2) is 24.3 Å². The van der Waals surface area contributed by atoms with Crippen molar-refractivity contribution in [2.75, 3.05) is 11.5 Å². The van der Waals surface area contributed by atoms with E-state index in [1.54, 1.807) is 12.1 Å². The minimum absolute atomic E-state index is 0.00161. The summed E-state index contributed by atoms with van der Waals surface area (Å²) in [6.07, 6.45) is 0.373. The third kappa shape index (κ3) is 2.61. The third-order valence-corrected chi connectivity index (χ3v) is 6.47. The Morgan fingerprint density at radius 3 is 2.57 bits per heavy atom. The summed E-state index contributed by atoms with van der Waals surface area (Å²) in [5.41, 5.74) is 8.96. The predicted molar refractivity (Wildman–Crippen MR) is 84.5 cm³/mol. The van der Waals surface area contributed by atoms with Gasteiger partial charge >= 0.3 is 0 Å². The Balaban J connectivity index is 2.06. The molecule has 110 valence electrons. The number of nitrogen functional groups attached to an aromatic ring is 1. The van der Waals surface area contributed by atoms with E-state index in [0.29, 0.717) is 27.4 Å². The average Bonchev–Trinajstić information content (AvgIpc) is 2.72. The highest BCUT2D eigenvalue weighted by Crippen LogP contribution is 2.37. The second-order valence-electron chi connectivity index (χ2n) is 5.28. The van der Waals surface area contributed by atoms with E-state index in [1.165, 1.54) is 11.3 Å². The molecular formula is C15H15NO3S2. The van der Waals surface area contributed by atoms with Crippen molar-refractivity contribution in [3.63, 3.8) is 0 Å². The van der Waals surface area contributed by atoms with Gasteiger partial charge in [0.15, 0.2) is 15.6 Å². The number of ketones is 1. The molecule has 2 N–H and O–H groups in total. The van der Waals surface area contributed by atoms with Crippen LogP contribution in [0.1, 0.15) is 31.9 Å². The largest absolute Gasteiger partial charge is 0.390 e. The molecule has 3 rings (SSSR count). The summed E-state index contributed by atoms with van der Waals surface area (Å²) in [6, 6.07) is 7.32. The molecule has 4 nitrogen and oxygen atoms in total. The molecule has 1 aromatic carbocycles. The number of hydrogen-bond acceptors (Lipinski definition) is 5. The van der Waals surface area contributed by atoms with Gasteiger partial charge in [0.1, 0.15) is 0 Å². The number of nitrogens with two attached hydrogens (primary N) is 1. The fourth-order valence-corrected chi connectivity index (χ4v) is 5.46. The Kier molecular flexibility index (Phi) is 3.37. The Hall–Kier alpha value is -1.66. The Bertz CT molecular complexity index is 817. The number of carbonyl (C=O) groups excluding carboxylic acids is 1. The molecule has 0 spiro atoms. The Morgan fingerprint density at radius 1 is 1.24 bits per heavy atom. The summed E-state index contributed by atoms with van der Waals surface area (Å²) < 4.78 is 23.4. The van der Waals surface area contributed by atoms with E-state index >= 15 is 0 Å². The van der Waals surface area contributed by atoms with Gasteiger partial charge in [-0.1, -0.05) is 29.8 Å². The number of carbonyl (C=O) groups is 1. The fourth-order valence-electron chi connectivity index (χ4n) is 2.54. The van der Waals surface area contributed by atoms with Crippen molar-refractivity contribution in [1.82, 2.24) is 0 Å². The third-order valence-electron chi connectivity index (χ3n) is 3.67. The minimum Gasteiger partial charge on any atom is -0.390 e. The van der Waals surface area contributed by atoms with E-state index in [1.807, 2.05) is 19.1 Å². The zero-order valence-corrected chi connectivity index (χ0v) is 13.2. The van der Waals surface area contributed by atoms with Crippen molar-refractivity contribution in [2.24, 2.45) is 0 Å². The minimum atomic E-state index is -3.05. The highest BCUT2D eigenvalue weighted by Gasteiger charge is 2.30. The van der Waals surface area contributed by atoms with Crippen LogP contribution in [0.2, 0.25) is 0 Å². The SMILES string of the molecule is Cc1ccc(C(=O)c2c(N)sc3c2CCS(=O)(=O)C3)cc1. The van der Waals surface area contributed by atoms with Crippen LogP contribution in [0.3, 0.4) is 0 Å². The molecule has 0 aliphatic carbocycles. The first-order valence-electron chi connectivity index (χ1n) is 6.59. The molecule has 1 aliphatic heterocycles. The smallest absolute Gasteiger partial charge is 0.196 e. The van der Waals surface area contributed by atoms with E-state index in [4.69, 9.17) is 5.73 Å². The van der Waals surface area contributed by atoms with Crippen molar-refractivity contribution in [3.05, 3.63) is 51.4 Å². The molecule has 0 radical (unpaired) electrons. The molecule has 0 fully saturated rings. The molecular weight excluding hydrogens is 306 g/mol. The van der Waals surface area contributed by atoms with Gasteiger partial charge in [-0.3, -0.25) is 4.79 Å². The van der Waals surface area contributed by atoms with Gasteiger partial charge in [-0.15, -0.1) is 11.3 Å². The van der Waals surface area contributed by atoms with Crippen LogP contribution in [-0.4, -0.2) is 20.0 Å². The number of sulfone groups is 1. The molecule has 21 heavy (non-hydrogen) atoms. The van der Waals surface area contributed by atoms with Crippen LogP contribution in [0.4, 0.5) is 5.00 Å². The summed E-state index contributed by atoms with van der Waals surface area (Å²) >= 11 is 1.22. The fraction of sp³-hybridized carbons (Fsp3) is 0.267. The zero-order valence-electron chi connectivity index (χ0n) is 11.5. The van der Waals surface area contributed by atoms with Crippen molar-refractivity contribution in [2.45, 2.75) is 19.1 Å². The van der Waals surface area contributed by atoms with Gasteiger partial charge in [0.05, 0.1) is 22.1 Å². The van der Waals surface area contributed by atoms with Gasteiger partial charge in [-0.05, 0) is 18.9 Å². The molecule has 0 bridgehead atoms. The van der Waals surface area contributed by atoms with Gasteiger partial charge in [0, 0.05) is 10.4 Å². The van der Waals surface area contributed by atoms with E-state index in [2.05, 4.69) is 0 Å².